The van der Waals surface area contributed by atoms with Crippen molar-refractivity contribution >= 4 is 5.91 Å². The van der Waals surface area contributed by atoms with Gasteiger partial charge in [-0.15, -0.1) is 0 Å². The maximum atomic E-state index is 12.0. The van der Waals surface area contributed by atoms with E-state index in [4.69, 9.17) is 5.11 Å². The van der Waals surface area contributed by atoms with Crippen LogP contribution < -0.4 is 10.9 Å². The Labute approximate surface area is 106 Å². The molecule has 0 fully saturated rings. The molecule has 1 unspecified atom stereocenters. The number of aryl methyl sites for hydroxylation is 1. The molecule has 1 heterocycles. The van der Waals surface area contributed by atoms with Gasteiger partial charge in [-0.3, -0.25) is 9.59 Å². The number of aliphatic hydroxyl groups is 1. The van der Waals surface area contributed by atoms with Crippen molar-refractivity contribution in [3.63, 3.8) is 0 Å². The summed E-state index contributed by atoms with van der Waals surface area (Å²) in [7, 11) is 0. The fourth-order valence-electron chi connectivity index (χ4n) is 1.28. The Hall–Kier alpha value is -1.83. The number of hydrogen-bond donors (Lipinski definition) is 2. The lowest BCUT2D eigenvalue weighted by molar-refractivity contribution is -0.201. The molecule has 5 nitrogen and oxygen atoms in total. The summed E-state index contributed by atoms with van der Waals surface area (Å²) in [6.45, 7) is -0.834. The van der Waals surface area contributed by atoms with Crippen LogP contribution in [0.5, 0.6) is 0 Å². The van der Waals surface area contributed by atoms with Gasteiger partial charge in [0.25, 0.3) is 5.56 Å². The molecule has 0 aromatic carbocycles. The second-order valence-electron chi connectivity index (χ2n) is 3.84. The zero-order valence-electron chi connectivity index (χ0n) is 9.85. The van der Waals surface area contributed by atoms with Crippen LogP contribution >= 0.6 is 0 Å². The van der Waals surface area contributed by atoms with E-state index in [1.165, 1.54) is 16.8 Å². The zero-order valence-corrected chi connectivity index (χ0v) is 9.85. The largest absolute Gasteiger partial charge is 0.416 e. The van der Waals surface area contributed by atoms with E-state index in [0.717, 1.165) is 0 Å². The van der Waals surface area contributed by atoms with E-state index in [1.54, 1.807) is 12.1 Å². The molecule has 0 saturated heterocycles. The summed E-state index contributed by atoms with van der Waals surface area (Å²) in [5, 5.41) is 10.6. The summed E-state index contributed by atoms with van der Waals surface area (Å²) in [6, 6.07) is 4.45. The summed E-state index contributed by atoms with van der Waals surface area (Å²) in [4.78, 5) is 22.5. The first-order chi connectivity index (χ1) is 8.80. The quantitative estimate of drug-likeness (QED) is 0.812. The first-order valence-corrected chi connectivity index (χ1v) is 5.47. The van der Waals surface area contributed by atoms with Crippen molar-refractivity contribution in [2.45, 2.75) is 25.2 Å². The topological polar surface area (TPSA) is 71.3 Å². The Morgan fingerprint density at radius 1 is 1.42 bits per heavy atom. The molecule has 0 aliphatic heterocycles. The van der Waals surface area contributed by atoms with Gasteiger partial charge < -0.3 is 15.0 Å². The number of hydrogen-bond acceptors (Lipinski definition) is 3. The third-order valence-corrected chi connectivity index (χ3v) is 2.35. The lowest BCUT2D eigenvalue weighted by atomic mass is 10.3. The van der Waals surface area contributed by atoms with Crippen LogP contribution in [0.25, 0.3) is 0 Å². The lowest BCUT2D eigenvalue weighted by Gasteiger charge is -2.15. The van der Waals surface area contributed by atoms with Crippen LogP contribution in [0.2, 0.25) is 0 Å². The van der Waals surface area contributed by atoms with Crippen LogP contribution in [0.1, 0.15) is 6.42 Å². The number of nitrogens with zero attached hydrogens (tertiary/aromatic N) is 1. The highest BCUT2D eigenvalue weighted by molar-refractivity contribution is 5.75. The van der Waals surface area contributed by atoms with Gasteiger partial charge >= 0.3 is 6.18 Å². The first kappa shape index (κ1) is 15.2. The van der Waals surface area contributed by atoms with E-state index in [-0.39, 0.29) is 18.5 Å². The molecule has 19 heavy (non-hydrogen) atoms. The number of halogens is 3. The SMILES string of the molecule is O=C(CCn1ccccc1=O)NCC(O)C(F)(F)F. The van der Waals surface area contributed by atoms with E-state index in [1.807, 2.05) is 5.32 Å². The van der Waals surface area contributed by atoms with Crippen molar-refractivity contribution in [3.05, 3.63) is 34.7 Å². The first-order valence-electron chi connectivity index (χ1n) is 5.47. The Balaban J connectivity index is 2.37. The van der Waals surface area contributed by atoms with Gasteiger partial charge in [0.2, 0.25) is 5.91 Å². The normalized spacial score (nSPS) is 13.1. The van der Waals surface area contributed by atoms with Gasteiger partial charge in [-0.25, -0.2) is 0 Å². The van der Waals surface area contributed by atoms with Crippen molar-refractivity contribution in [2.75, 3.05) is 6.54 Å². The molecule has 0 bridgehead atoms. The van der Waals surface area contributed by atoms with Crippen LogP contribution in [-0.4, -0.2) is 34.4 Å². The van der Waals surface area contributed by atoms with Gasteiger partial charge in [0.05, 0.1) is 6.54 Å². The second-order valence-corrected chi connectivity index (χ2v) is 3.84. The summed E-state index contributed by atoms with van der Waals surface area (Å²) in [5.41, 5.74) is -0.300. The van der Waals surface area contributed by atoms with Crippen molar-refractivity contribution < 1.29 is 23.1 Å². The smallest absolute Gasteiger partial charge is 0.382 e. The molecule has 8 heteroatoms. The van der Waals surface area contributed by atoms with Crippen molar-refractivity contribution in [1.29, 1.82) is 0 Å². The molecule has 2 N–H and O–H groups in total. The highest BCUT2D eigenvalue weighted by Gasteiger charge is 2.38. The van der Waals surface area contributed by atoms with Gasteiger partial charge in [0.1, 0.15) is 0 Å². The molecular weight excluding hydrogens is 265 g/mol. The van der Waals surface area contributed by atoms with Crippen molar-refractivity contribution in [1.82, 2.24) is 9.88 Å². The van der Waals surface area contributed by atoms with Crippen molar-refractivity contribution in [2.24, 2.45) is 0 Å². The number of aromatic nitrogens is 1. The number of carbonyl (C=O) groups is 1. The average Bonchev–Trinajstić information content (AvgIpc) is 2.33. The number of nitrogens with one attached hydrogen (secondary N) is 1. The minimum atomic E-state index is -4.76. The van der Waals surface area contributed by atoms with E-state index in [9.17, 15) is 22.8 Å². The number of pyridine rings is 1. The zero-order chi connectivity index (χ0) is 14.5. The van der Waals surface area contributed by atoms with Gasteiger partial charge in [-0.2, -0.15) is 13.2 Å². The van der Waals surface area contributed by atoms with Crippen LogP contribution in [0, 0.1) is 0 Å². The Bertz CT molecular complexity index is 485. The van der Waals surface area contributed by atoms with E-state index in [2.05, 4.69) is 0 Å². The van der Waals surface area contributed by atoms with Gasteiger partial charge in [-0.1, -0.05) is 6.07 Å². The summed E-state index contributed by atoms with van der Waals surface area (Å²) in [5.74, 6) is -0.668. The fraction of sp³-hybridized carbons (Fsp3) is 0.455. The number of alkyl halides is 3. The van der Waals surface area contributed by atoms with Gasteiger partial charge in [-0.05, 0) is 6.07 Å². The highest BCUT2D eigenvalue weighted by Crippen LogP contribution is 2.19. The number of rotatable bonds is 5. The summed E-state index contributed by atoms with van der Waals surface area (Å²) in [6.07, 6.45) is -6.02. The molecule has 1 amide bonds. The molecule has 0 aliphatic rings. The van der Waals surface area contributed by atoms with Gasteiger partial charge in [0, 0.05) is 25.2 Å². The number of carbonyl (C=O) groups excluding carboxylic acids is 1. The fourth-order valence-corrected chi connectivity index (χ4v) is 1.28. The maximum Gasteiger partial charge on any atom is 0.416 e. The summed E-state index contributed by atoms with van der Waals surface area (Å²) >= 11 is 0. The van der Waals surface area contributed by atoms with Crippen LogP contribution in [0.15, 0.2) is 29.2 Å². The Morgan fingerprint density at radius 2 is 2.11 bits per heavy atom. The van der Waals surface area contributed by atoms with E-state index in [0.29, 0.717) is 0 Å². The molecule has 0 saturated carbocycles. The number of amides is 1. The molecule has 1 atom stereocenters. The van der Waals surface area contributed by atoms with Crippen molar-refractivity contribution in [3.8, 4) is 0 Å². The molecular formula is C11H13F3N2O3. The third-order valence-electron chi connectivity index (χ3n) is 2.35. The molecule has 1 rings (SSSR count). The van der Waals surface area contributed by atoms with Crippen LogP contribution in [-0.2, 0) is 11.3 Å². The van der Waals surface area contributed by atoms with Gasteiger partial charge in [0.15, 0.2) is 6.10 Å². The Morgan fingerprint density at radius 3 is 2.68 bits per heavy atom. The standard InChI is InChI=1S/C11H13F3N2O3/c12-11(13,14)8(17)7-15-9(18)4-6-16-5-2-1-3-10(16)19/h1-3,5,8,17H,4,6-7H2,(H,15,18). The Kier molecular flexibility index (Phi) is 5.11. The predicted molar refractivity (Wildman–Crippen MR) is 60.4 cm³/mol. The molecule has 0 spiro atoms. The van der Waals surface area contributed by atoms with Crippen LogP contribution in [0.3, 0.4) is 0 Å². The molecule has 1 aromatic heterocycles. The molecule has 0 radical (unpaired) electrons. The molecule has 106 valence electrons. The van der Waals surface area contributed by atoms with E-state index >= 15 is 0 Å². The highest BCUT2D eigenvalue weighted by atomic mass is 19.4. The molecule has 0 aliphatic carbocycles. The monoisotopic (exact) mass is 278 g/mol. The lowest BCUT2D eigenvalue weighted by Crippen LogP contribution is -2.41. The minimum Gasteiger partial charge on any atom is -0.382 e. The minimum absolute atomic E-state index is 0.0631. The van der Waals surface area contributed by atoms with E-state index < -0.39 is 24.7 Å². The summed E-state index contributed by atoms with van der Waals surface area (Å²) < 4.78 is 37.1. The maximum absolute atomic E-state index is 12.0. The predicted octanol–water partition coefficient (Wildman–Crippen LogP) is 0.278. The van der Waals surface area contributed by atoms with Crippen LogP contribution in [0.4, 0.5) is 13.2 Å². The number of aliphatic hydroxyl groups excluding tert-OH is 1. The molecule has 1 aromatic rings. The second kappa shape index (κ2) is 6.37. The average molecular weight is 278 g/mol. The third kappa shape index (κ3) is 5.12.